The van der Waals surface area contributed by atoms with Crippen LogP contribution < -0.4 is 15.6 Å². The zero-order valence-electron chi connectivity index (χ0n) is 16.9. The van der Waals surface area contributed by atoms with E-state index in [4.69, 9.17) is 4.74 Å². The zero-order chi connectivity index (χ0) is 22.1. The van der Waals surface area contributed by atoms with Crippen LogP contribution in [0.1, 0.15) is 31.5 Å². The number of hydrogen-bond donors (Lipinski definition) is 3. The second-order valence-electron chi connectivity index (χ2n) is 6.84. The van der Waals surface area contributed by atoms with Gasteiger partial charge in [0.25, 0.3) is 5.56 Å². The summed E-state index contributed by atoms with van der Waals surface area (Å²) in [6.45, 7) is 0.252. The Morgan fingerprint density at radius 3 is 2.67 bits per heavy atom. The number of esters is 1. The van der Waals surface area contributed by atoms with Crippen molar-refractivity contribution in [2.45, 2.75) is 38.1 Å². The average Bonchev–Trinajstić information content (AvgIpc) is 2.69. The second-order valence-corrected chi connectivity index (χ2v) is 8.67. The summed E-state index contributed by atoms with van der Waals surface area (Å²) in [4.78, 5) is 43.3. The van der Waals surface area contributed by atoms with Gasteiger partial charge in [-0.1, -0.05) is 12.1 Å². The minimum atomic E-state index is -3.26. The van der Waals surface area contributed by atoms with E-state index in [0.717, 1.165) is 6.26 Å². The number of aryl methyl sites for hydroxylation is 1. The van der Waals surface area contributed by atoms with Crippen molar-refractivity contribution in [2.75, 3.05) is 19.9 Å². The summed E-state index contributed by atoms with van der Waals surface area (Å²) in [5.41, 5.74) is 0.276. The minimum Gasteiger partial charge on any atom is -0.467 e. The molecular formula is C19H26N4O6S. The highest BCUT2D eigenvalue weighted by molar-refractivity contribution is 7.88. The van der Waals surface area contributed by atoms with Crippen molar-refractivity contribution in [3.63, 3.8) is 0 Å². The molecule has 1 amide bonds. The van der Waals surface area contributed by atoms with Gasteiger partial charge in [0, 0.05) is 19.4 Å². The van der Waals surface area contributed by atoms with Gasteiger partial charge in [0.15, 0.2) is 0 Å². The van der Waals surface area contributed by atoms with E-state index in [2.05, 4.69) is 20.0 Å². The molecule has 0 aliphatic rings. The Bertz CT molecular complexity index is 1050. The maximum Gasteiger partial charge on any atom is 0.328 e. The van der Waals surface area contributed by atoms with Gasteiger partial charge in [-0.25, -0.2) is 22.9 Å². The van der Waals surface area contributed by atoms with E-state index in [9.17, 15) is 22.8 Å². The zero-order valence-corrected chi connectivity index (χ0v) is 17.8. The van der Waals surface area contributed by atoms with Gasteiger partial charge in [-0.3, -0.25) is 9.59 Å². The molecule has 1 aromatic carbocycles. The number of para-hydroxylation sites is 1. The number of nitrogens with zero attached hydrogens (tertiary/aromatic N) is 1. The Kier molecular flexibility index (Phi) is 8.48. The number of rotatable bonds is 11. The summed E-state index contributed by atoms with van der Waals surface area (Å²) in [7, 11) is -2.03. The number of methoxy groups -OCH3 is 1. The third-order valence-electron chi connectivity index (χ3n) is 4.36. The van der Waals surface area contributed by atoms with Crippen LogP contribution in [0.25, 0.3) is 10.9 Å². The van der Waals surface area contributed by atoms with Gasteiger partial charge in [-0.05, 0) is 31.4 Å². The summed E-state index contributed by atoms with van der Waals surface area (Å²) in [6, 6.07) is 6.09. The summed E-state index contributed by atoms with van der Waals surface area (Å²) in [6.07, 6.45) is 2.65. The van der Waals surface area contributed by atoms with Crippen molar-refractivity contribution in [2.24, 2.45) is 0 Å². The van der Waals surface area contributed by atoms with Gasteiger partial charge in [0.1, 0.15) is 11.9 Å². The summed E-state index contributed by atoms with van der Waals surface area (Å²) in [5, 5.41) is 3.10. The lowest BCUT2D eigenvalue weighted by Gasteiger charge is -2.16. The Morgan fingerprint density at radius 1 is 1.23 bits per heavy atom. The molecule has 0 aliphatic carbocycles. The van der Waals surface area contributed by atoms with E-state index < -0.39 is 22.0 Å². The van der Waals surface area contributed by atoms with Crippen LogP contribution in [-0.4, -0.2) is 56.2 Å². The van der Waals surface area contributed by atoms with Crippen LogP contribution in [0.4, 0.5) is 0 Å². The number of aromatic amines is 1. The highest BCUT2D eigenvalue weighted by Crippen LogP contribution is 2.07. The molecule has 1 aromatic heterocycles. The molecule has 0 spiro atoms. The number of benzene rings is 1. The molecule has 2 rings (SSSR count). The Morgan fingerprint density at radius 2 is 1.97 bits per heavy atom. The third-order valence-corrected chi connectivity index (χ3v) is 5.08. The van der Waals surface area contributed by atoms with E-state index in [0.29, 0.717) is 36.0 Å². The Hall–Kier alpha value is -2.79. The third kappa shape index (κ3) is 7.56. The van der Waals surface area contributed by atoms with Gasteiger partial charge in [0.2, 0.25) is 15.9 Å². The first-order valence-corrected chi connectivity index (χ1v) is 11.4. The lowest BCUT2D eigenvalue weighted by Crippen LogP contribution is -2.41. The SMILES string of the molecule is COC(=O)[C@H](CCCCNS(C)(=O)=O)NC(=O)CCc1nc2ccccc2c(=O)[nH]1. The summed E-state index contributed by atoms with van der Waals surface area (Å²) >= 11 is 0. The number of aromatic nitrogens is 2. The molecule has 0 fully saturated rings. The molecule has 0 unspecified atom stereocenters. The first kappa shape index (κ1) is 23.5. The number of ether oxygens (including phenoxy) is 1. The topological polar surface area (TPSA) is 147 Å². The van der Waals surface area contributed by atoms with Crippen LogP contribution in [0, 0.1) is 0 Å². The number of unbranched alkanes of at least 4 members (excludes halogenated alkanes) is 1. The molecule has 0 radical (unpaired) electrons. The number of hydrogen-bond acceptors (Lipinski definition) is 7. The molecule has 0 bridgehead atoms. The molecule has 0 aliphatic heterocycles. The van der Waals surface area contributed by atoms with Crippen molar-refractivity contribution in [1.29, 1.82) is 0 Å². The summed E-state index contributed by atoms with van der Waals surface area (Å²) < 4.78 is 29.2. The lowest BCUT2D eigenvalue weighted by molar-refractivity contribution is -0.145. The molecule has 3 N–H and O–H groups in total. The molecule has 1 atom stereocenters. The van der Waals surface area contributed by atoms with E-state index in [1.54, 1.807) is 24.3 Å². The van der Waals surface area contributed by atoms with Gasteiger partial charge in [0.05, 0.1) is 24.3 Å². The molecule has 0 saturated carbocycles. The van der Waals surface area contributed by atoms with Crippen molar-refractivity contribution < 1.29 is 22.7 Å². The number of amides is 1. The number of sulfonamides is 1. The molecule has 2 aromatic rings. The van der Waals surface area contributed by atoms with Crippen LogP contribution >= 0.6 is 0 Å². The Labute approximate surface area is 174 Å². The van der Waals surface area contributed by atoms with Crippen LogP contribution in [0.2, 0.25) is 0 Å². The highest BCUT2D eigenvalue weighted by Gasteiger charge is 2.21. The fourth-order valence-electron chi connectivity index (χ4n) is 2.87. The normalized spacial score (nSPS) is 12.5. The molecule has 0 saturated heterocycles. The van der Waals surface area contributed by atoms with Crippen molar-refractivity contribution in [1.82, 2.24) is 20.0 Å². The smallest absolute Gasteiger partial charge is 0.328 e. The first-order valence-electron chi connectivity index (χ1n) is 9.49. The predicted octanol–water partition coefficient (Wildman–Crippen LogP) is 0.233. The van der Waals surface area contributed by atoms with Gasteiger partial charge in [-0.2, -0.15) is 0 Å². The second kappa shape index (κ2) is 10.8. The van der Waals surface area contributed by atoms with E-state index in [1.165, 1.54) is 7.11 Å². The van der Waals surface area contributed by atoms with Crippen LogP contribution in [0.15, 0.2) is 29.1 Å². The fourth-order valence-corrected chi connectivity index (χ4v) is 3.39. The fraction of sp³-hybridized carbons (Fsp3) is 0.474. The number of carbonyl (C=O) groups excluding carboxylic acids is 2. The number of carbonyl (C=O) groups is 2. The van der Waals surface area contributed by atoms with Crippen molar-refractivity contribution in [3.05, 3.63) is 40.4 Å². The molecule has 1 heterocycles. The summed E-state index contributed by atoms with van der Waals surface area (Å²) in [5.74, 6) is -0.567. The maximum atomic E-state index is 12.3. The molecule has 164 valence electrons. The number of H-pyrrole nitrogens is 1. The molecule has 11 heteroatoms. The van der Waals surface area contributed by atoms with Crippen LogP contribution in [0.3, 0.4) is 0 Å². The first-order chi connectivity index (χ1) is 14.2. The number of nitrogens with one attached hydrogen (secondary N) is 3. The lowest BCUT2D eigenvalue weighted by atomic mass is 10.1. The molecule has 10 nitrogen and oxygen atoms in total. The standard InChI is InChI=1S/C19H26N4O6S/c1-29-19(26)15(9-5-6-12-20-30(2,27)28)22-17(24)11-10-16-21-14-8-4-3-7-13(14)18(25)23-16/h3-4,7-8,15,20H,5-6,9-12H2,1-2H3,(H,22,24)(H,21,23,25)/t15-/m0/s1. The van der Waals surface area contributed by atoms with Crippen molar-refractivity contribution in [3.8, 4) is 0 Å². The number of fused-ring (bicyclic) bond motifs is 1. The molecule has 30 heavy (non-hydrogen) atoms. The quantitative estimate of drug-likeness (QED) is 0.336. The predicted molar refractivity (Wildman–Crippen MR) is 111 cm³/mol. The van der Waals surface area contributed by atoms with Gasteiger partial charge < -0.3 is 15.0 Å². The van der Waals surface area contributed by atoms with Gasteiger partial charge >= 0.3 is 5.97 Å². The van der Waals surface area contributed by atoms with Crippen LogP contribution in [-0.2, 0) is 30.8 Å². The highest BCUT2D eigenvalue weighted by atomic mass is 32.2. The average molecular weight is 439 g/mol. The minimum absolute atomic E-state index is 0.0322. The van der Waals surface area contributed by atoms with E-state index in [1.807, 2.05) is 0 Å². The van der Waals surface area contributed by atoms with E-state index >= 15 is 0 Å². The Balaban J connectivity index is 1.88. The monoisotopic (exact) mass is 438 g/mol. The van der Waals surface area contributed by atoms with E-state index in [-0.39, 0.29) is 30.9 Å². The maximum absolute atomic E-state index is 12.3. The van der Waals surface area contributed by atoms with Crippen molar-refractivity contribution >= 4 is 32.8 Å². The van der Waals surface area contributed by atoms with Gasteiger partial charge in [-0.15, -0.1) is 0 Å². The molecular weight excluding hydrogens is 412 g/mol. The largest absolute Gasteiger partial charge is 0.467 e. The van der Waals surface area contributed by atoms with Crippen LogP contribution in [0.5, 0.6) is 0 Å².